The van der Waals surface area contributed by atoms with Gasteiger partial charge in [-0.05, 0) is 63.9 Å². The molecule has 2 aromatic heterocycles. The van der Waals surface area contributed by atoms with Gasteiger partial charge in [-0.2, -0.15) is 5.26 Å². The van der Waals surface area contributed by atoms with Crippen molar-refractivity contribution in [3.05, 3.63) is 86.4 Å². The number of hydrogen-bond donors (Lipinski definition) is 5. The summed E-state index contributed by atoms with van der Waals surface area (Å²) in [6, 6.07) is 9.92. The zero-order valence-electron chi connectivity index (χ0n) is 24.6. The lowest BCUT2D eigenvalue weighted by atomic mass is 9.98. The van der Waals surface area contributed by atoms with Crippen LogP contribution in [0, 0.1) is 17.1 Å². The number of aromatic nitrogens is 2. The predicted molar refractivity (Wildman–Crippen MR) is 178 cm³/mol. The SMILES string of the molecule is CC(C)(C)N1CCC(N/C=C(\NN)[C@@H](Nc2cc(Cl)c3ncc(C#N)c(Nc4ccc(F)c(Cl)c4)c3c2)c2cscn2)CC1. The van der Waals surface area contributed by atoms with Crippen LogP contribution in [0.3, 0.4) is 0 Å². The van der Waals surface area contributed by atoms with Gasteiger partial charge in [-0.1, -0.05) is 23.2 Å². The summed E-state index contributed by atoms with van der Waals surface area (Å²) >= 11 is 14.2. The number of nitriles is 1. The Morgan fingerprint density at radius 1 is 1.16 bits per heavy atom. The lowest BCUT2D eigenvalue weighted by Gasteiger charge is -2.41. The molecule has 3 heterocycles. The highest BCUT2D eigenvalue weighted by atomic mass is 35.5. The molecule has 0 unspecified atom stereocenters. The molecule has 1 atom stereocenters. The van der Waals surface area contributed by atoms with Crippen molar-refractivity contribution in [2.45, 2.75) is 51.2 Å². The van der Waals surface area contributed by atoms with Crippen LogP contribution in [0.25, 0.3) is 10.9 Å². The molecule has 1 saturated heterocycles. The summed E-state index contributed by atoms with van der Waals surface area (Å²) in [5.41, 5.74) is 8.62. The number of pyridine rings is 1. The van der Waals surface area contributed by atoms with Crippen molar-refractivity contribution in [2.75, 3.05) is 23.7 Å². The van der Waals surface area contributed by atoms with Gasteiger partial charge >= 0.3 is 0 Å². The Bertz CT molecular complexity index is 1690. The first-order chi connectivity index (χ1) is 21.1. The summed E-state index contributed by atoms with van der Waals surface area (Å²) in [4.78, 5) is 11.5. The van der Waals surface area contributed by atoms with Crippen LogP contribution in [0.4, 0.5) is 21.5 Å². The van der Waals surface area contributed by atoms with Crippen molar-refractivity contribution in [2.24, 2.45) is 5.84 Å². The number of hydrogen-bond acceptors (Lipinski definition) is 10. The molecule has 2 aromatic carbocycles. The Morgan fingerprint density at radius 2 is 1.91 bits per heavy atom. The van der Waals surface area contributed by atoms with E-state index in [2.05, 4.69) is 63.1 Å². The molecule has 1 aliphatic rings. The number of piperidine rings is 1. The number of nitrogens with one attached hydrogen (secondary N) is 4. The average Bonchev–Trinajstić information content (AvgIpc) is 3.54. The molecule has 0 saturated carbocycles. The second-order valence-electron chi connectivity index (χ2n) is 11.6. The number of fused-ring (bicyclic) bond motifs is 1. The topological polar surface area (TPSA) is 127 Å². The quantitative estimate of drug-likeness (QED) is 0.0952. The van der Waals surface area contributed by atoms with Crippen molar-refractivity contribution >= 4 is 62.5 Å². The summed E-state index contributed by atoms with van der Waals surface area (Å²) in [5.74, 6) is 5.53. The molecule has 230 valence electrons. The summed E-state index contributed by atoms with van der Waals surface area (Å²) in [6.07, 6.45) is 5.40. The molecule has 0 radical (unpaired) electrons. The van der Waals surface area contributed by atoms with E-state index < -0.39 is 11.9 Å². The molecular weight excluding hydrogens is 620 g/mol. The predicted octanol–water partition coefficient (Wildman–Crippen LogP) is 7.06. The van der Waals surface area contributed by atoms with Crippen LogP contribution < -0.4 is 27.2 Å². The molecule has 1 fully saturated rings. The fraction of sp³-hybridized carbons (Fsp3) is 0.323. The average molecular weight is 655 g/mol. The number of rotatable bonds is 9. The number of anilines is 3. The van der Waals surface area contributed by atoms with Crippen LogP contribution in [0.2, 0.25) is 10.0 Å². The molecule has 44 heavy (non-hydrogen) atoms. The first-order valence-electron chi connectivity index (χ1n) is 14.1. The molecule has 0 bridgehead atoms. The molecule has 0 amide bonds. The molecule has 1 aliphatic heterocycles. The number of benzene rings is 2. The van der Waals surface area contributed by atoms with Crippen molar-refractivity contribution in [1.29, 1.82) is 5.26 Å². The Balaban J connectivity index is 1.46. The molecule has 9 nitrogen and oxygen atoms in total. The van der Waals surface area contributed by atoms with Gasteiger partial charge in [0.15, 0.2) is 0 Å². The van der Waals surface area contributed by atoms with Crippen molar-refractivity contribution in [1.82, 2.24) is 25.6 Å². The minimum atomic E-state index is -0.540. The van der Waals surface area contributed by atoms with Gasteiger partial charge in [0.05, 0.1) is 43.7 Å². The smallest absolute Gasteiger partial charge is 0.141 e. The monoisotopic (exact) mass is 653 g/mol. The lowest BCUT2D eigenvalue weighted by Crippen LogP contribution is -2.49. The van der Waals surface area contributed by atoms with E-state index in [0.717, 1.165) is 31.6 Å². The fourth-order valence-corrected chi connectivity index (χ4v) is 6.28. The molecule has 5 rings (SSSR count). The third-order valence-corrected chi connectivity index (χ3v) is 8.87. The maximum Gasteiger partial charge on any atom is 0.141 e. The summed E-state index contributed by atoms with van der Waals surface area (Å²) in [5, 5.41) is 23.0. The van der Waals surface area contributed by atoms with Crippen LogP contribution in [0.1, 0.15) is 50.9 Å². The minimum Gasteiger partial charge on any atom is -0.387 e. The first-order valence-corrected chi connectivity index (χ1v) is 15.8. The molecule has 13 heteroatoms. The van der Waals surface area contributed by atoms with Crippen molar-refractivity contribution in [3.8, 4) is 6.07 Å². The van der Waals surface area contributed by atoms with E-state index in [9.17, 15) is 9.65 Å². The number of likely N-dealkylation sites (tertiary alicyclic amines) is 1. The third-order valence-electron chi connectivity index (χ3n) is 7.69. The van der Waals surface area contributed by atoms with Gasteiger partial charge in [0.1, 0.15) is 17.9 Å². The van der Waals surface area contributed by atoms with Gasteiger partial charge < -0.3 is 21.4 Å². The normalized spacial score (nSPS) is 15.5. The fourth-order valence-electron chi connectivity index (χ4n) is 5.26. The van der Waals surface area contributed by atoms with E-state index in [-0.39, 0.29) is 16.1 Å². The van der Waals surface area contributed by atoms with Gasteiger partial charge in [-0.25, -0.2) is 9.37 Å². The second kappa shape index (κ2) is 13.5. The Labute approximate surface area is 270 Å². The van der Waals surface area contributed by atoms with E-state index in [4.69, 9.17) is 29.0 Å². The van der Waals surface area contributed by atoms with Crippen LogP contribution in [0.5, 0.6) is 0 Å². The standard InChI is InChI=1S/C31H34Cl2FN9S/c1-31(2,3)43-8-6-19(7-9-43)37-15-26(42-36)30(27-16-44-17-39-27)41-21-10-22-28(40-20-4-5-25(34)23(32)11-20)18(13-35)14-38-29(22)24(33)12-21/h4-5,10-12,14-17,19,30,37,41-42H,6-9,36H2,1-3H3,(H,38,40)/b26-15-/t30-/m1/s1. The highest BCUT2D eigenvalue weighted by Crippen LogP contribution is 2.37. The number of nitrogens with zero attached hydrogens (tertiary/aromatic N) is 4. The number of nitrogens with two attached hydrogens (primary N) is 1. The zero-order chi connectivity index (χ0) is 31.4. The molecule has 0 spiro atoms. The van der Waals surface area contributed by atoms with Gasteiger partial charge in [-0.15, -0.1) is 11.3 Å². The first kappa shape index (κ1) is 31.8. The number of halogens is 3. The largest absolute Gasteiger partial charge is 0.387 e. The van der Waals surface area contributed by atoms with Crippen LogP contribution in [0.15, 0.2) is 59.3 Å². The minimum absolute atomic E-state index is 0.0414. The summed E-state index contributed by atoms with van der Waals surface area (Å²) in [7, 11) is 0. The van der Waals surface area contributed by atoms with Crippen molar-refractivity contribution in [3.63, 3.8) is 0 Å². The molecular formula is C31H34Cl2FN9S. The highest BCUT2D eigenvalue weighted by Gasteiger charge is 2.27. The number of hydrazine groups is 1. The maximum atomic E-state index is 13.8. The molecule has 0 aliphatic carbocycles. The van der Waals surface area contributed by atoms with E-state index in [1.165, 1.54) is 29.7 Å². The summed E-state index contributed by atoms with van der Waals surface area (Å²) in [6.45, 7) is 8.77. The van der Waals surface area contributed by atoms with E-state index >= 15 is 0 Å². The van der Waals surface area contributed by atoms with Gasteiger partial charge in [0.25, 0.3) is 0 Å². The summed E-state index contributed by atoms with van der Waals surface area (Å²) < 4.78 is 13.8. The van der Waals surface area contributed by atoms with Crippen LogP contribution in [-0.4, -0.2) is 39.5 Å². The Morgan fingerprint density at radius 3 is 2.55 bits per heavy atom. The lowest BCUT2D eigenvalue weighted by molar-refractivity contribution is 0.0988. The Hall–Kier alpha value is -3.66. The zero-order valence-corrected chi connectivity index (χ0v) is 26.9. The van der Waals surface area contributed by atoms with Crippen LogP contribution in [-0.2, 0) is 0 Å². The highest BCUT2D eigenvalue weighted by molar-refractivity contribution is 7.07. The van der Waals surface area contributed by atoms with Gasteiger partial charge in [0.2, 0.25) is 0 Å². The van der Waals surface area contributed by atoms with E-state index in [1.54, 1.807) is 17.6 Å². The van der Waals surface area contributed by atoms with Gasteiger partial charge in [-0.3, -0.25) is 15.7 Å². The van der Waals surface area contributed by atoms with E-state index in [0.29, 0.717) is 44.7 Å². The third kappa shape index (κ3) is 7.17. The second-order valence-corrected chi connectivity index (χ2v) is 13.1. The molecule has 6 N–H and O–H groups in total. The molecule has 4 aromatic rings. The Kier molecular flexibility index (Phi) is 9.78. The number of thiazole rings is 1. The van der Waals surface area contributed by atoms with E-state index in [1.807, 2.05) is 17.6 Å². The van der Waals surface area contributed by atoms with Crippen LogP contribution >= 0.6 is 34.5 Å². The van der Waals surface area contributed by atoms with Gasteiger partial charge in [0, 0.05) is 59.2 Å². The van der Waals surface area contributed by atoms with Crippen molar-refractivity contribution < 1.29 is 4.39 Å². The maximum absolute atomic E-state index is 13.8.